The maximum Gasteiger partial charge on any atom is 0.323 e. The van der Waals surface area contributed by atoms with Crippen LogP contribution in [0.1, 0.15) is 40.0 Å². The molecule has 5 nitrogen and oxygen atoms in total. The quantitative estimate of drug-likeness (QED) is 0.705. The summed E-state index contributed by atoms with van der Waals surface area (Å²) in [4.78, 5) is 15.8. The van der Waals surface area contributed by atoms with Crippen LogP contribution in [0.2, 0.25) is 0 Å². The van der Waals surface area contributed by atoms with Crippen LogP contribution >= 0.6 is 0 Å². The molecule has 3 N–H and O–H groups in total. The molecule has 0 bridgehead atoms. The molecule has 1 atom stereocenters. The van der Waals surface area contributed by atoms with E-state index in [9.17, 15) is 4.79 Å². The number of nitrogens with zero attached hydrogens (tertiary/aromatic N) is 2. The van der Waals surface area contributed by atoms with Gasteiger partial charge < -0.3 is 15.7 Å². The Morgan fingerprint density at radius 3 is 2.53 bits per heavy atom. The van der Waals surface area contributed by atoms with Gasteiger partial charge in [0, 0.05) is 25.2 Å². The predicted molar refractivity (Wildman–Crippen MR) is 77.2 cm³/mol. The van der Waals surface area contributed by atoms with Crippen LogP contribution in [0.4, 0.5) is 0 Å². The largest absolute Gasteiger partial charge is 0.480 e. The highest BCUT2D eigenvalue weighted by Crippen LogP contribution is 2.19. The van der Waals surface area contributed by atoms with Crippen LogP contribution in [-0.2, 0) is 4.79 Å². The van der Waals surface area contributed by atoms with Crippen molar-refractivity contribution >= 4 is 5.97 Å². The van der Waals surface area contributed by atoms with Gasteiger partial charge in [0.25, 0.3) is 0 Å². The number of unbranched alkanes of at least 4 members (excludes halogenated alkanes) is 1. The highest BCUT2D eigenvalue weighted by Gasteiger charge is 2.31. The van der Waals surface area contributed by atoms with Gasteiger partial charge in [-0.25, -0.2) is 0 Å². The summed E-state index contributed by atoms with van der Waals surface area (Å²) in [6, 6.07) is 0. The van der Waals surface area contributed by atoms with Gasteiger partial charge in [0.15, 0.2) is 0 Å². The highest BCUT2D eigenvalue weighted by atomic mass is 16.4. The van der Waals surface area contributed by atoms with Gasteiger partial charge in [0.1, 0.15) is 5.54 Å². The molecular formula is C14H29N3O2. The van der Waals surface area contributed by atoms with E-state index in [0.29, 0.717) is 6.42 Å². The second kappa shape index (κ2) is 6.20. The summed E-state index contributed by atoms with van der Waals surface area (Å²) in [5, 5.41) is 8.95. The fourth-order valence-electron chi connectivity index (χ4n) is 2.47. The van der Waals surface area contributed by atoms with Crippen molar-refractivity contribution < 1.29 is 9.90 Å². The van der Waals surface area contributed by atoms with Gasteiger partial charge >= 0.3 is 5.97 Å². The minimum absolute atomic E-state index is 0.224. The first-order chi connectivity index (χ1) is 8.65. The predicted octanol–water partition coefficient (Wildman–Crippen LogP) is 0.985. The molecule has 0 aliphatic carbocycles. The summed E-state index contributed by atoms with van der Waals surface area (Å²) >= 11 is 0. The normalized spacial score (nSPS) is 24.1. The number of rotatable bonds is 6. The Morgan fingerprint density at radius 1 is 1.37 bits per heavy atom. The summed E-state index contributed by atoms with van der Waals surface area (Å²) in [6.07, 6.45) is 2.42. The monoisotopic (exact) mass is 271 g/mol. The molecule has 1 aliphatic rings. The maximum atomic E-state index is 10.9. The SMILES string of the molecule is CN1CCN(CCCCC(C)(N)C(=O)O)CC1(C)C. The van der Waals surface area contributed by atoms with E-state index >= 15 is 0 Å². The molecule has 1 aliphatic heterocycles. The van der Waals surface area contributed by atoms with Crippen molar-refractivity contribution in [2.45, 2.75) is 51.1 Å². The molecule has 0 aromatic heterocycles. The van der Waals surface area contributed by atoms with Crippen molar-refractivity contribution in [2.75, 3.05) is 33.2 Å². The van der Waals surface area contributed by atoms with E-state index in [1.54, 1.807) is 6.92 Å². The minimum Gasteiger partial charge on any atom is -0.480 e. The number of piperazine rings is 1. The number of hydrogen-bond donors (Lipinski definition) is 2. The summed E-state index contributed by atoms with van der Waals surface area (Å²) in [7, 11) is 2.17. The molecule has 0 amide bonds. The lowest BCUT2D eigenvalue weighted by molar-refractivity contribution is -0.142. The Bertz CT molecular complexity index is 316. The first-order valence-electron chi connectivity index (χ1n) is 7.11. The smallest absolute Gasteiger partial charge is 0.323 e. The number of carboxylic acid groups (broad SMARTS) is 1. The van der Waals surface area contributed by atoms with Crippen molar-refractivity contribution in [3.05, 3.63) is 0 Å². The number of hydrogen-bond acceptors (Lipinski definition) is 4. The fourth-order valence-corrected chi connectivity index (χ4v) is 2.47. The zero-order valence-corrected chi connectivity index (χ0v) is 12.8. The molecule has 19 heavy (non-hydrogen) atoms. The summed E-state index contributed by atoms with van der Waals surface area (Å²) < 4.78 is 0. The van der Waals surface area contributed by atoms with E-state index in [2.05, 4.69) is 30.7 Å². The Balaban J connectivity index is 2.26. The van der Waals surface area contributed by atoms with Crippen LogP contribution in [0.5, 0.6) is 0 Å². The third-order valence-corrected chi connectivity index (χ3v) is 4.30. The molecule has 0 aromatic rings. The zero-order valence-electron chi connectivity index (χ0n) is 12.8. The van der Waals surface area contributed by atoms with Crippen LogP contribution < -0.4 is 5.73 Å². The van der Waals surface area contributed by atoms with Crippen molar-refractivity contribution in [3.63, 3.8) is 0 Å². The number of aliphatic carboxylic acids is 1. The maximum absolute atomic E-state index is 10.9. The molecule has 1 fully saturated rings. The lowest BCUT2D eigenvalue weighted by atomic mass is 9.96. The Kier molecular flexibility index (Phi) is 5.35. The first kappa shape index (κ1) is 16.4. The minimum atomic E-state index is -1.08. The zero-order chi connectivity index (χ0) is 14.7. The number of carbonyl (C=O) groups is 1. The highest BCUT2D eigenvalue weighted by molar-refractivity contribution is 5.77. The van der Waals surface area contributed by atoms with Crippen LogP contribution in [-0.4, -0.2) is 65.2 Å². The topological polar surface area (TPSA) is 69.8 Å². The number of nitrogens with two attached hydrogens (primary N) is 1. The van der Waals surface area contributed by atoms with Gasteiger partial charge in [0.2, 0.25) is 0 Å². The van der Waals surface area contributed by atoms with Gasteiger partial charge in [-0.15, -0.1) is 0 Å². The lowest BCUT2D eigenvalue weighted by Crippen LogP contribution is -2.57. The van der Waals surface area contributed by atoms with E-state index in [4.69, 9.17) is 10.8 Å². The van der Waals surface area contributed by atoms with Crippen LogP contribution in [0.3, 0.4) is 0 Å². The lowest BCUT2D eigenvalue weighted by Gasteiger charge is -2.45. The van der Waals surface area contributed by atoms with Crippen molar-refractivity contribution in [1.29, 1.82) is 0 Å². The average molecular weight is 271 g/mol. The van der Waals surface area contributed by atoms with Crippen molar-refractivity contribution in [2.24, 2.45) is 5.73 Å². The van der Waals surface area contributed by atoms with E-state index < -0.39 is 11.5 Å². The summed E-state index contributed by atoms with van der Waals surface area (Å²) in [5.74, 6) is -0.909. The summed E-state index contributed by atoms with van der Waals surface area (Å²) in [5.41, 5.74) is 4.86. The number of likely N-dealkylation sites (N-methyl/N-ethyl adjacent to an activating group) is 1. The molecule has 0 radical (unpaired) electrons. The molecule has 0 saturated carbocycles. The third-order valence-electron chi connectivity index (χ3n) is 4.30. The van der Waals surface area contributed by atoms with Gasteiger partial charge in [0.05, 0.1) is 0 Å². The number of carboxylic acids is 1. The van der Waals surface area contributed by atoms with Gasteiger partial charge in [-0.1, -0.05) is 0 Å². The molecule has 0 spiro atoms. The first-order valence-corrected chi connectivity index (χ1v) is 7.11. The van der Waals surface area contributed by atoms with Gasteiger partial charge in [-0.3, -0.25) is 9.69 Å². The molecule has 1 rings (SSSR count). The van der Waals surface area contributed by atoms with Crippen LogP contribution in [0.25, 0.3) is 0 Å². The van der Waals surface area contributed by atoms with Crippen molar-refractivity contribution in [1.82, 2.24) is 9.80 Å². The molecule has 1 heterocycles. The van der Waals surface area contributed by atoms with Crippen LogP contribution in [0.15, 0.2) is 0 Å². The standard InChI is InChI=1S/C14H29N3O2/c1-13(2)11-17(10-9-16(13)4)8-6-5-7-14(3,15)12(18)19/h5-11,15H2,1-4H3,(H,18,19). The van der Waals surface area contributed by atoms with E-state index in [-0.39, 0.29) is 5.54 Å². The molecular weight excluding hydrogens is 242 g/mol. The second-order valence-corrected chi connectivity index (χ2v) is 6.69. The van der Waals surface area contributed by atoms with Gasteiger partial charge in [-0.05, 0) is 53.6 Å². The summed E-state index contributed by atoms with van der Waals surface area (Å²) in [6.45, 7) is 10.4. The van der Waals surface area contributed by atoms with Crippen LogP contribution in [0, 0.1) is 0 Å². The molecule has 112 valence electrons. The molecule has 1 saturated heterocycles. The Hall–Kier alpha value is -0.650. The van der Waals surface area contributed by atoms with Crippen molar-refractivity contribution in [3.8, 4) is 0 Å². The van der Waals surface area contributed by atoms with Gasteiger partial charge in [-0.2, -0.15) is 0 Å². The Morgan fingerprint density at radius 2 is 2.00 bits per heavy atom. The molecule has 0 aromatic carbocycles. The molecule has 5 heteroatoms. The van der Waals surface area contributed by atoms with E-state index in [1.807, 2.05) is 0 Å². The Labute approximate surface area is 116 Å². The average Bonchev–Trinajstić information content (AvgIpc) is 2.28. The second-order valence-electron chi connectivity index (χ2n) is 6.69. The van der Waals surface area contributed by atoms with E-state index in [0.717, 1.165) is 39.0 Å². The fraction of sp³-hybridized carbons (Fsp3) is 0.929. The molecule has 1 unspecified atom stereocenters. The third kappa shape index (κ3) is 4.75. The van der Waals surface area contributed by atoms with E-state index in [1.165, 1.54) is 0 Å².